The van der Waals surface area contributed by atoms with Crippen molar-refractivity contribution < 1.29 is 45.5 Å². The van der Waals surface area contributed by atoms with Gasteiger partial charge in [-0.3, -0.25) is 19.2 Å². The van der Waals surface area contributed by atoms with Crippen LogP contribution in [0.5, 0.6) is 0 Å². The van der Waals surface area contributed by atoms with Crippen molar-refractivity contribution in [2.45, 2.75) is 95.8 Å². The lowest BCUT2D eigenvalue weighted by atomic mass is 9.62. The van der Waals surface area contributed by atoms with Gasteiger partial charge in [-0.15, -0.1) is 0 Å². The summed E-state index contributed by atoms with van der Waals surface area (Å²) < 4.78 is 82.0. The summed E-state index contributed by atoms with van der Waals surface area (Å²) in [5.41, 5.74) is -3.93. The number of nitrogens with zero attached hydrogens (tertiary/aromatic N) is 2. The molecule has 4 unspecified atom stereocenters. The Morgan fingerprint density at radius 3 is 2.15 bits per heavy atom. The summed E-state index contributed by atoms with van der Waals surface area (Å²) in [6, 6.07) is -3.22. The van der Waals surface area contributed by atoms with Crippen molar-refractivity contribution in [1.82, 2.24) is 20.9 Å². The first kappa shape index (κ1) is 30.9. The van der Waals surface area contributed by atoms with E-state index in [1.807, 2.05) is 6.07 Å². The Hall–Kier alpha value is -3.05. The molecule has 0 radical (unpaired) electrons. The molecule has 9 nitrogen and oxygen atoms in total. The number of alkyl halides is 6. The van der Waals surface area contributed by atoms with Gasteiger partial charge in [0.05, 0.1) is 11.5 Å². The molecule has 41 heavy (non-hydrogen) atoms. The number of fused-ring (bicyclic) bond motifs is 1. The summed E-state index contributed by atoms with van der Waals surface area (Å²) in [6.07, 6.45) is -11.6. The lowest BCUT2D eigenvalue weighted by molar-refractivity contribution is -0.262. The summed E-state index contributed by atoms with van der Waals surface area (Å²) in [5.74, 6) is -6.70. The average Bonchev–Trinajstić information content (AvgIpc) is 3.08. The van der Waals surface area contributed by atoms with E-state index in [2.05, 4.69) is 10.6 Å². The average molecular weight is 594 g/mol. The van der Waals surface area contributed by atoms with E-state index in [1.165, 1.54) is 5.32 Å². The minimum atomic E-state index is -5.54. The van der Waals surface area contributed by atoms with E-state index in [1.54, 1.807) is 27.7 Å². The number of halogens is 6. The highest BCUT2D eigenvalue weighted by Gasteiger charge is 2.72. The third-order valence-electron chi connectivity index (χ3n) is 9.48. The van der Waals surface area contributed by atoms with E-state index < -0.39 is 89.2 Å². The highest BCUT2D eigenvalue weighted by molar-refractivity contribution is 5.95. The Bertz CT molecular complexity index is 1170. The summed E-state index contributed by atoms with van der Waals surface area (Å²) in [5, 5.41) is 16.3. The van der Waals surface area contributed by atoms with Crippen LogP contribution in [-0.2, 0) is 19.2 Å². The standard InChI is InChI=1S/C26H33F6N5O4/c1-22(2)9-12(18(38)36-22)8-13(10-33)34-19(39)16-15-14(23(15,3)4)11-37(16)20(40)17(35-21(41)25(27,28)29)24(6-5-7-24)26(30,31)32/h12-17H,5-9,11H2,1-4H3,(H,34,39)(H,35,41)(H,36,38)/t12-,13+,14?,15?,16?,17?/m1/s1. The molecule has 3 N–H and O–H groups in total. The van der Waals surface area contributed by atoms with Gasteiger partial charge in [-0.25, -0.2) is 0 Å². The number of hydrogen-bond donors (Lipinski definition) is 3. The van der Waals surface area contributed by atoms with Crippen molar-refractivity contribution in [3.63, 3.8) is 0 Å². The second kappa shape index (κ2) is 9.76. The lowest BCUT2D eigenvalue weighted by Crippen LogP contribution is -2.67. The topological polar surface area (TPSA) is 131 Å². The van der Waals surface area contributed by atoms with Crippen LogP contribution in [0.1, 0.15) is 59.8 Å². The molecule has 4 rings (SSSR count). The third-order valence-corrected chi connectivity index (χ3v) is 9.48. The Kier molecular flexibility index (Phi) is 7.36. The fraction of sp³-hybridized carbons (Fsp3) is 0.808. The van der Waals surface area contributed by atoms with Crippen molar-refractivity contribution in [3.05, 3.63) is 0 Å². The van der Waals surface area contributed by atoms with Crippen LogP contribution < -0.4 is 16.0 Å². The van der Waals surface area contributed by atoms with Crippen LogP contribution in [0.25, 0.3) is 0 Å². The van der Waals surface area contributed by atoms with Crippen LogP contribution in [-0.4, -0.2) is 71.1 Å². The fourth-order valence-electron chi connectivity index (χ4n) is 6.99. The van der Waals surface area contributed by atoms with Crippen LogP contribution in [0.2, 0.25) is 0 Å². The van der Waals surface area contributed by atoms with Gasteiger partial charge in [-0.05, 0) is 56.8 Å². The Balaban J connectivity index is 1.60. The van der Waals surface area contributed by atoms with E-state index in [0.29, 0.717) is 6.42 Å². The number of amides is 4. The maximum atomic E-state index is 14.2. The maximum Gasteiger partial charge on any atom is 0.471 e. The molecular weight excluding hydrogens is 560 g/mol. The van der Waals surface area contributed by atoms with Gasteiger partial charge in [0, 0.05) is 18.0 Å². The molecule has 2 saturated heterocycles. The van der Waals surface area contributed by atoms with Gasteiger partial charge >= 0.3 is 18.3 Å². The van der Waals surface area contributed by atoms with E-state index in [0.717, 1.165) is 4.90 Å². The third kappa shape index (κ3) is 5.34. The SMILES string of the molecule is CC1(C)C[C@@H](C[C@@H](C#N)NC(=O)C2C3C(CN2C(=O)C(NC(=O)C(F)(F)F)C2(C(F)(F)F)CCC2)C3(C)C)C(=O)N1. The van der Waals surface area contributed by atoms with Gasteiger partial charge < -0.3 is 20.9 Å². The summed E-state index contributed by atoms with van der Waals surface area (Å²) >= 11 is 0. The molecule has 0 aromatic carbocycles. The van der Waals surface area contributed by atoms with E-state index in [4.69, 9.17) is 0 Å². The number of likely N-dealkylation sites (tertiary alicyclic amines) is 1. The van der Waals surface area contributed by atoms with Crippen LogP contribution in [0.3, 0.4) is 0 Å². The molecular formula is C26H33F6N5O4. The van der Waals surface area contributed by atoms with Crippen molar-refractivity contribution >= 4 is 23.6 Å². The first-order valence-electron chi connectivity index (χ1n) is 13.4. The smallest absolute Gasteiger partial charge is 0.351 e. The fourth-order valence-corrected chi connectivity index (χ4v) is 6.99. The molecule has 2 aliphatic carbocycles. The summed E-state index contributed by atoms with van der Waals surface area (Å²) in [6.45, 7) is 6.99. The van der Waals surface area contributed by atoms with Crippen molar-refractivity contribution in [3.8, 4) is 6.07 Å². The van der Waals surface area contributed by atoms with Gasteiger partial charge in [0.1, 0.15) is 18.1 Å². The van der Waals surface area contributed by atoms with Crippen LogP contribution >= 0.6 is 0 Å². The Morgan fingerprint density at radius 2 is 1.71 bits per heavy atom. The van der Waals surface area contributed by atoms with Crippen molar-refractivity contribution in [2.24, 2.45) is 28.6 Å². The predicted molar refractivity (Wildman–Crippen MR) is 129 cm³/mol. The van der Waals surface area contributed by atoms with Gasteiger partial charge in [0.25, 0.3) is 0 Å². The second-order valence-electron chi connectivity index (χ2n) is 13.0. The minimum Gasteiger partial charge on any atom is -0.351 e. The van der Waals surface area contributed by atoms with Crippen LogP contribution in [0.15, 0.2) is 0 Å². The zero-order valence-corrected chi connectivity index (χ0v) is 23.0. The minimum absolute atomic E-state index is 0.0111. The molecule has 0 aromatic heterocycles. The van der Waals surface area contributed by atoms with E-state index in [9.17, 15) is 50.8 Å². The van der Waals surface area contributed by atoms with Gasteiger partial charge in [0.2, 0.25) is 17.7 Å². The summed E-state index contributed by atoms with van der Waals surface area (Å²) in [7, 11) is 0. The van der Waals surface area contributed by atoms with Gasteiger partial charge in [-0.2, -0.15) is 31.6 Å². The maximum absolute atomic E-state index is 14.2. The van der Waals surface area contributed by atoms with Crippen molar-refractivity contribution in [2.75, 3.05) is 6.54 Å². The predicted octanol–water partition coefficient (Wildman–Crippen LogP) is 2.56. The molecule has 2 saturated carbocycles. The van der Waals surface area contributed by atoms with Crippen LogP contribution in [0, 0.1) is 39.9 Å². The normalized spacial score (nSPS) is 30.7. The Labute approximate surface area is 232 Å². The van der Waals surface area contributed by atoms with Crippen molar-refractivity contribution in [1.29, 1.82) is 5.26 Å². The monoisotopic (exact) mass is 593 g/mol. The molecule has 2 heterocycles. The number of rotatable bonds is 7. The largest absolute Gasteiger partial charge is 0.471 e. The number of nitrogens with one attached hydrogen (secondary N) is 3. The molecule has 0 aromatic rings. The molecule has 228 valence electrons. The van der Waals surface area contributed by atoms with Gasteiger partial charge in [0.15, 0.2) is 0 Å². The van der Waals surface area contributed by atoms with Gasteiger partial charge in [-0.1, -0.05) is 20.3 Å². The van der Waals surface area contributed by atoms with Crippen LogP contribution in [0.4, 0.5) is 26.3 Å². The quantitative estimate of drug-likeness (QED) is 0.391. The summed E-state index contributed by atoms with van der Waals surface area (Å²) in [4.78, 5) is 52.1. The molecule has 0 bridgehead atoms. The lowest BCUT2D eigenvalue weighted by Gasteiger charge is -2.49. The first-order valence-corrected chi connectivity index (χ1v) is 13.4. The number of hydrogen-bond acceptors (Lipinski definition) is 5. The number of carbonyl (C=O) groups excluding carboxylic acids is 4. The Morgan fingerprint density at radius 1 is 1.10 bits per heavy atom. The first-order chi connectivity index (χ1) is 18.7. The zero-order chi connectivity index (χ0) is 30.9. The number of nitriles is 1. The second-order valence-corrected chi connectivity index (χ2v) is 13.0. The molecule has 15 heteroatoms. The number of piperidine rings is 1. The number of carbonyl (C=O) groups is 4. The zero-order valence-electron chi connectivity index (χ0n) is 23.0. The van der Waals surface area contributed by atoms with E-state index >= 15 is 0 Å². The molecule has 2 aliphatic heterocycles. The molecule has 0 spiro atoms. The van der Waals surface area contributed by atoms with E-state index in [-0.39, 0.29) is 31.2 Å². The highest BCUT2D eigenvalue weighted by Crippen LogP contribution is 2.65. The highest BCUT2D eigenvalue weighted by atomic mass is 19.4. The molecule has 4 fully saturated rings. The molecule has 4 amide bonds. The molecule has 6 atom stereocenters. The molecule has 4 aliphatic rings.